The summed E-state index contributed by atoms with van der Waals surface area (Å²) in [7, 11) is 0. The van der Waals surface area contributed by atoms with E-state index in [1.807, 2.05) is 30.4 Å². The maximum atomic E-state index is 11.8. The van der Waals surface area contributed by atoms with Gasteiger partial charge in [-0.25, -0.2) is 0 Å². The molecule has 4 rings (SSSR count). The molecule has 0 atom stereocenters. The Morgan fingerprint density at radius 2 is 2.08 bits per heavy atom. The highest BCUT2D eigenvalue weighted by atomic mass is 16.3. The van der Waals surface area contributed by atoms with E-state index >= 15 is 0 Å². The Hall–Kier alpha value is -3.34. The number of rotatable bonds is 1. The average Bonchev–Trinajstić information content (AvgIpc) is 2.55. The van der Waals surface area contributed by atoms with Crippen molar-refractivity contribution in [2.45, 2.75) is 6.42 Å². The zero-order valence-corrected chi connectivity index (χ0v) is 12.7. The van der Waals surface area contributed by atoms with Gasteiger partial charge in [0.05, 0.1) is 0 Å². The summed E-state index contributed by atoms with van der Waals surface area (Å²) in [5.74, 6) is -0.00216. The van der Waals surface area contributed by atoms with Gasteiger partial charge >= 0.3 is 0 Å². The maximum absolute atomic E-state index is 11.8. The van der Waals surface area contributed by atoms with Crippen molar-refractivity contribution in [3.8, 4) is 11.6 Å². The first-order valence-corrected chi connectivity index (χ1v) is 7.53. The minimum Gasteiger partial charge on any atom is -0.506 e. The predicted octanol–water partition coefficient (Wildman–Crippen LogP) is 1.38. The van der Waals surface area contributed by atoms with Gasteiger partial charge in [0.15, 0.2) is 5.88 Å². The number of aromatic hydroxyl groups is 2. The molecule has 0 radical (unpaired) electrons. The Morgan fingerprint density at radius 1 is 1.21 bits per heavy atom. The molecule has 5 nitrogen and oxygen atoms in total. The normalized spacial score (nSPS) is 14.9. The lowest BCUT2D eigenvalue weighted by molar-refractivity contribution is 0.450. The topological polar surface area (TPSA) is 86.2 Å². The van der Waals surface area contributed by atoms with Gasteiger partial charge in [-0.3, -0.25) is 14.8 Å². The molecule has 118 valence electrons. The molecule has 0 bridgehead atoms. The van der Waals surface area contributed by atoms with Crippen LogP contribution in [0.3, 0.4) is 0 Å². The number of H-pyrrole nitrogens is 1. The number of hydrogen-bond donors (Lipinski definition) is 3. The Bertz CT molecular complexity index is 1170. The smallest absolute Gasteiger partial charge is 0.258 e. The van der Waals surface area contributed by atoms with E-state index < -0.39 is 0 Å². The van der Waals surface area contributed by atoms with Crippen LogP contribution in [0.4, 0.5) is 0 Å². The molecule has 3 aromatic rings. The second-order valence-electron chi connectivity index (χ2n) is 5.70. The van der Waals surface area contributed by atoms with E-state index in [1.165, 1.54) is 6.07 Å². The highest BCUT2D eigenvalue weighted by Crippen LogP contribution is 2.26. The third kappa shape index (κ3) is 2.36. The molecule has 1 aliphatic carbocycles. The van der Waals surface area contributed by atoms with Gasteiger partial charge in [-0.1, -0.05) is 30.4 Å². The van der Waals surface area contributed by atoms with Gasteiger partial charge in [-0.2, -0.15) is 0 Å². The summed E-state index contributed by atoms with van der Waals surface area (Å²) in [6.45, 7) is 0. The van der Waals surface area contributed by atoms with Crippen molar-refractivity contribution in [3.05, 3.63) is 68.5 Å². The van der Waals surface area contributed by atoms with Crippen LogP contribution >= 0.6 is 0 Å². The molecule has 0 saturated heterocycles. The van der Waals surface area contributed by atoms with Crippen molar-refractivity contribution in [2.75, 3.05) is 0 Å². The van der Waals surface area contributed by atoms with Gasteiger partial charge in [-0.05, 0) is 34.9 Å². The Balaban J connectivity index is 1.90. The number of nitrogens with one attached hydrogen (secondary N) is 1. The van der Waals surface area contributed by atoms with Crippen molar-refractivity contribution < 1.29 is 10.2 Å². The summed E-state index contributed by atoms with van der Waals surface area (Å²) in [5, 5.41) is 21.6. The summed E-state index contributed by atoms with van der Waals surface area (Å²) in [4.78, 5) is 18.4. The molecule has 0 spiro atoms. The van der Waals surface area contributed by atoms with E-state index in [2.05, 4.69) is 9.97 Å². The number of para-hydroxylation sites is 1. The van der Waals surface area contributed by atoms with Crippen molar-refractivity contribution in [3.63, 3.8) is 0 Å². The number of phenols is 1. The monoisotopic (exact) mass is 318 g/mol. The molecule has 0 saturated carbocycles. The highest BCUT2D eigenvalue weighted by molar-refractivity contribution is 5.92. The SMILES string of the molecule is O=c1[nH]c(O)cc2c1=CCC(=Cc1ccnc3c(O)cccc13)C=2. The quantitative estimate of drug-likeness (QED) is 0.633. The first-order valence-electron chi connectivity index (χ1n) is 7.53. The van der Waals surface area contributed by atoms with Gasteiger partial charge < -0.3 is 10.2 Å². The standard InChI is InChI=1S/C19H14N2O3/c22-16-3-1-2-14-12(6-7-20-18(14)16)8-11-4-5-15-13(9-11)10-17(23)21-19(15)24/h1-3,5-10,22-23H,4H2,(H,21,24). The van der Waals surface area contributed by atoms with Crippen LogP contribution < -0.4 is 16.0 Å². The number of nitrogens with zero attached hydrogens (tertiary/aromatic N) is 1. The van der Waals surface area contributed by atoms with Crippen molar-refractivity contribution in [2.24, 2.45) is 0 Å². The van der Waals surface area contributed by atoms with E-state index in [-0.39, 0.29) is 17.2 Å². The lowest BCUT2D eigenvalue weighted by Gasteiger charge is -2.07. The van der Waals surface area contributed by atoms with Crippen LogP contribution in [0.5, 0.6) is 11.6 Å². The number of fused-ring (bicyclic) bond motifs is 2. The number of hydrogen-bond acceptors (Lipinski definition) is 4. The molecule has 0 fully saturated rings. The number of pyridine rings is 2. The molecule has 3 N–H and O–H groups in total. The molecule has 2 aromatic heterocycles. The first kappa shape index (κ1) is 14.3. The zero-order chi connectivity index (χ0) is 16.7. The maximum Gasteiger partial charge on any atom is 0.258 e. The molecular formula is C19H14N2O3. The van der Waals surface area contributed by atoms with Gasteiger partial charge in [0.1, 0.15) is 11.3 Å². The second-order valence-corrected chi connectivity index (χ2v) is 5.70. The second kappa shape index (κ2) is 5.38. The summed E-state index contributed by atoms with van der Waals surface area (Å²) >= 11 is 0. The summed E-state index contributed by atoms with van der Waals surface area (Å²) in [6, 6.07) is 8.72. The Labute approximate surface area is 136 Å². The number of allylic oxidation sites excluding steroid dienone is 1. The third-order valence-corrected chi connectivity index (χ3v) is 4.10. The van der Waals surface area contributed by atoms with E-state index in [4.69, 9.17) is 0 Å². The molecule has 1 aromatic carbocycles. The fraction of sp³-hybridized carbons (Fsp3) is 0.0526. The fourth-order valence-electron chi connectivity index (χ4n) is 2.99. The Morgan fingerprint density at radius 3 is 2.96 bits per heavy atom. The van der Waals surface area contributed by atoms with Crippen LogP contribution in [-0.2, 0) is 0 Å². The third-order valence-electron chi connectivity index (χ3n) is 4.10. The average molecular weight is 318 g/mol. The van der Waals surface area contributed by atoms with E-state index in [9.17, 15) is 15.0 Å². The molecule has 0 unspecified atom stereocenters. The van der Waals surface area contributed by atoms with Gasteiger partial charge in [0.2, 0.25) is 0 Å². The first-order chi connectivity index (χ1) is 11.6. The van der Waals surface area contributed by atoms with Gasteiger partial charge in [-0.15, -0.1) is 0 Å². The number of aromatic amines is 1. The predicted molar refractivity (Wildman–Crippen MR) is 92.9 cm³/mol. The van der Waals surface area contributed by atoms with Crippen LogP contribution in [0.25, 0.3) is 29.1 Å². The lowest BCUT2D eigenvalue weighted by Crippen LogP contribution is -2.41. The molecular weight excluding hydrogens is 304 g/mol. The zero-order valence-electron chi connectivity index (χ0n) is 12.7. The summed E-state index contributed by atoms with van der Waals surface area (Å²) in [5.41, 5.74) is 2.21. The van der Waals surface area contributed by atoms with E-state index in [1.54, 1.807) is 18.3 Å². The molecule has 0 amide bonds. The molecule has 1 aliphatic rings. The minimum atomic E-state index is -0.292. The van der Waals surface area contributed by atoms with E-state index in [0.29, 0.717) is 22.4 Å². The van der Waals surface area contributed by atoms with Crippen LogP contribution in [0, 0.1) is 0 Å². The van der Waals surface area contributed by atoms with Crippen LogP contribution in [-0.4, -0.2) is 20.2 Å². The highest BCUT2D eigenvalue weighted by Gasteiger charge is 2.07. The number of aromatic nitrogens is 2. The van der Waals surface area contributed by atoms with E-state index in [0.717, 1.165) is 16.5 Å². The van der Waals surface area contributed by atoms with Crippen LogP contribution in [0.15, 0.2) is 46.9 Å². The molecule has 0 aliphatic heterocycles. The molecule has 24 heavy (non-hydrogen) atoms. The van der Waals surface area contributed by atoms with Crippen molar-refractivity contribution in [1.29, 1.82) is 0 Å². The molecule has 2 heterocycles. The fourth-order valence-corrected chi connectivity index (χ4v) is 2.99. The lowest BCUT2D eigenvalue weighted by atomic mass is 10.00. The van der Waals surface area contributed by atoms with Crippen LogP contribution in [0.2, 0.25) is 0 Å². The van der Waals surface area contributed by atoms with Crippen molar-refractivity contribution in [1.82, 2.24) is 9.97 Å². The number of phenolic OH excluding ortho intramolecular Hbond substituents is 1. The van der Waals surface area contributed by atoms with Gasteiger partial charge in [0, 0.05) is 22.9 Å². The van der Waals surface area contributed by atoms with Crippen LogP contribution in [0.1, 0.15) is 12.0 Å². The van der Waals surface area contributed by atoms with Crippen molar-refractivity contribution >= 4 is 29.1 Å². The minimum absolute atomic E-state index is 0.147. The largest absolute Gasteiger partial charge is 0.506 e. The summed E-state index contributed by atoms with van der Waals surface area (Å²) < 4.78 is 0. The summed E-state index contributed by atoms with van der Waals surface area (Å²) in [6.07, 6.45) is 8.01. The molecule has 5 heteroatoms. The number of benzene rings is 1. The van der Waals surface area contributed by atoms with Gasteiger partial charge in [0.25, 0.3) is 5.56 Å². The Kier molecular flexibility index (Phi) is 3.20.